The first-order valence-corrected chi connectivity index (χ1v) is 11.2. The molecule has 1 atom stereocenters. The van der Waals surface area contributed by atoms with Crippen molar-refractivity contribution < 1.29 is 14.3 Å². The van der Waals surface area contributed by atoms with Crippen LogP contribution >= 0.6 is 11.8 Å². The Labute approximate surface area is 181 Å². The van der Waals surface area contributed by atoms with Gasteiger partial charge in [-0.2, -0.15) is 0 Å². The first-order valence-electron chi connectivity index (χ1n) is 10.2. The molecule has 1 fully saturated rings. The van der Waals surface area contributed by atoms with Crippen LogP contribution in [-0.2, 0) is 11.8 Å². The van der Waals surface area contributed by atoms with Crippen molar-refractivity contribution in [3.8, 4) is 5.75 Å². The fraction of sp³-hybridized carbons (Fsp3) is 0.524. The fourth-order valence-electron chi connectivity index (χ4n) is 3.56. The highest BCUT2D eigenvalue weighted by Crippen LogP contribution is 2.21. The van der Waals surface area contributed by atoms with E-state index in [2.05, 4.69) is 20.8 Å². The zero-order chi connectivity index (χ0) is 21.5. The smallest absolute Gasteiger partial charge is 0.251 e. The van der Waals surface area contributed by atoms with Crippen LogP contribution in [0.2, 0.25) is 0 Å². The van der Waals surface area contributed by atoms with Crippen LogP contribution in [0.5, 0.6) is 5.75 Å². The molecule has 0 saturated heterocycles. The molecule has 1 aliphatic rings. The van der Waals surface area contributed by atoms with Gasteiger partial charge in [0.05, 0.1) is 18.9 Å². The highest BCUT2D eigenvalue weighted by molar-refractivity contribution is 7.99. The Kier molecular flexibility index (Phi) is 7.73. The van der Waals surface area contributed by atoms with Gasteiger partial charge in [0.15, 0.2) is 11.0 Å². The summed E-state index contributed by atoms with van der Waals surface area (Å²) in [5.74, 6) is 1.45. The van der Waals surface area contributed by atoms with Crippen molar-refractivity contribution in [1.29, 1.82) is 0 Å². The summed E-state index contributed by atoms with van der Waals surface area (Å²) in [5, 5.41) is 15.1. The maximum Gasteiger partial charge on any atom is 0.251 e. The SMILES string of the molecule is COc1ccc(C(=O)N[C@@H](C)c2nnc(SCC(=O)NC3CCCCC3)n2C)cc1. The van der Waals surface area contributed by atoms with Gasteiger partial charge < -0.3 is 19.9 Å². The van der Waals surface area contributed by atoms with Gasteiger partial charge >= 0.3 is 0 Å². The average Bonchev–Trinajstić information content (AvgIpc) is 3.13. The lowest BCUT2D eigenvalue weighted by atomic mass is 9.95. The second kappa shape index (κ2) is 10.5. The molecule has 162 valence electrons. The number of hydrogen-bond donors (Lipinski definition) is 2. The van der Waals surface area contributed by atoms with Crippen molar-refractivity contribution in [3.63, 3.8) is 0 Å². The van der Waals surface area contributed by atoms with Crippen molar-refractivity contribution in [2.24, 2.45) is 7.05 Å². The Bertz CT molecular complexity index is 862. The number of hydrogen-bond acceptors (Lipinski definition) is 6. The zero-order valence-electron chi connectivity index (χ0n) is 17.7. The monoisotopic (exact) mass is 431 g/mol. The van der Waals surface area contributed by atoms with Crippen molar-refractivity contribution in [1.82, 2.24) is 25.4 Å². The van der Waals surface area contributed by atoms with Crippen LogP contribution in [0.25, 0.3) is 0 Å². The number of benzene rings is 1. The van der Waals surface area contributed by atoms with E-state index in [0.717, 1.165) is 12.8 Å². The van der Waals surface area contributed by atoms with Crippen LogP contribution in [0.15, 0.2) is 29.4 Å². The lowest BCUT2D eigenvalue weighted by Gasteiger charge is -2.22. The number of methoxy groups -OCH3 is 1. The first kappa shape index (κ1) is 22.1. The molecule has 1 aromatic carbocycles. The van der Waals surface area contributed by atoms with Gasteiger partial charge in [-0.1, -0.05) is 31.0 Å². The van der Waals surface area contributed by atoms with Gasteiger partial charge in [-0.15, -0.1) is 10.2 Å². The minimum atomic E-state index is -0.331. The molecule has 0 unspecified atom stereocenters. The van der Waals surface area contributed by atoms with Crippen molar-refractivity contribution in [3.05, 3.63) is 35.7 Å². The minimum absolute atomic E-state index is 0.0253. The number of thioether (sulfide) groups is 1. The molecule has 0 spiro atoms. The van der Waals surface area contributed by atoms with E-state index in [0.29, 0.717) is 34.1 Å². The average molecular weight is 432 g/mol. The van der Waals surface area contributed by atoms with Gasteiger partial charge in [-0.05, 0) is 44.0 Å². The molecule has 8 nitrogen and oxygen atoms in total. The summed E-state index contributed by atoms with van der Waals surface area (Å²) in [7, 11) is 3.42. The molecule has 1 aromatic heterocycles. The van der Waals surface area contributed by atoms with Gasteiger partial charge in [-0.3, -0.25) is 9.59 Å². The Morgan fingerprint density at radius 1 is 1.20 bits per heavy atom. The van der Waals surface area contributed by atoms with E-state index in [1.165, 1.54) is 31.0 Å². The molecule has 0 aliphatic heterocycles. The standard InChI is InChI=1S/C21H29N5O3S/c1-14(22-20(28)15-9-11-17(29-3)12-10-15)19-24-25-21(26(19)2)30-13-18(27)23-16-7-5-4-6-8-16/h9-12,14,16H,4-8,13H2,1-3H3,(H,22,28)(H,23,27)/t14-/m0/s1. The molecular formula is C21H29N5O3S. The molecule has 1 saturated carbocycles. The van der Waals surface area contributed by atoms with Crippen molar-refractivity contribution >= 4 is 23.6 Å². The number of carbonyl (C=O) groups excluding carboxylic acids is 2. The normalized spacial score (nSPS) is 15.4. The zero-order valence-corrected chi connectivity index (χ0v) is 18.5. The van der Waals surface area contributed by atoms with Gasteiger partial charge in [0, 0.05) is 18.7 Å². The van der Waals surface area contributed by atoms with E-state index >= 15 is 0 Å². The van der Waals surface area contributed by atoms with Crippen LogP contribution in [-0.4, -0.2) is 45.5 Å². The molecular weight excluding hydrogens is 402 g/mol. The number of carbonyl (C=O) groups is 2. The fourth-order valence-corrected chi connectivity index (χ4v) is 4.29. The number of nitrogens with zero attached hydrogens (tertiary/aromatic N) is 3. The Balaban J connectivity index is 1.52. The summed E-state index contributed by atoms with van der Waals surface area (Å²) in [5.41, 5.74) is 0.541. The van der Waals surface area contributed by atoms with E-state index in [1.807, 2.05) is 18.5 Å². The van der Waals surface area contributed by atoms with Gasteiger partial charge in [-0.25, -0.2) is 0 Å². The first-order chi connectivity index (χ1) is 14.5. The van der Waals surface area contributed by atoms with Crippen LogP contribution in [0, 0.1) is 0 Å². The van der Waals surface area contributed by atoms with E-state index in [4.69, 9.17) is 4.74 Å². The van der Waals surface area contributed by atoms with Gasteiger partial charge in [0.1, 0.15) is 5.75 Å². The van der Waals surface area contributed by atoms with Crippen LogP contribution in [0.3, 0.4) is 0 Å². The summed E-state index contributed by atoms with van der Waals surface area (Å²) in [6.45, 7) is 1.86. The number of ether oxygens (including phenoxy) is 1. The predicted molar refractivity (Wildman–Crippen MR) is 116 cm³/mol. The second-order valence-corrected chi connectivity index (χ2v) is 8.46. The third-order valence-corrected chi connectivity index (χ3v) is 6.28. The van der Waals surface area contributed by atoms with Crippen LogP contribution in [0.4, 0.5) is 0 Å². The lowest BCUT2D eigenvalue weighted by Crippen LogP contribution is -2.37. The molecule has 2 N–H and O–H groups in total. The summed E-state index contributed by atoms with van der Waals surface area (Å²) >= 11 is 1.35. The van der Waals surface area contributed by atoms with E-state index in [-0.39, 0.29) is 17.9 Å². The summed E-state index contributed by atoms with van der Waals surface area (Å²) < 4.78 is 6.93. The van der Waals surface area contributed by atoms with Crippen LogP contribution < -0.4 is 15.4 Å². The predicted octanol–water partition coefficient (Wildman–Crippen LogP) is 2.86. The highest BCUT2D eigenvalue weighted by atomic mass is 32.2. The van der Waals surface area contributed by atoms with Crippen molar-refractivity contribution in [2.45, 2.75) is 56.3 Å². The molecule has 0 radical (unpaired) electrons. The third-order valence-electron chi connectivity index (χ3n) is 5.26. The number of aromatic nitrogens is 3. The molecule has 1 heterocycles. The minimum Gasteiger partial charge on any atom is -0.497 e. The number of amides is 2. The van der Waals surface area contributed by atoms with E-state index in [1.54, 1.807) is 31.4 Å². The highest BCUT2D eigenvalue weighted by Gasteiger charge is 2.20. The van der Waals surface area contributed by atoms with E-state index in [9.17, 15) is 9.59 Å². The third kappa shape index (κ3) is 5.75. The van der Waals surface area contributed by atoms with Crippen LogP contribution in [0.1, 0.15) is 61.3 Å². The summed E-state index contributed by atoms with van der Waals surface area (Å²) in [6.07, 6.45) is 5.76. The molecule has 3 rings (SSSR count). The molecule has 1 aliphatic carbocycles. The second-order valence-electron chi connectivity index (χ2n) is 7.51. The number of rotatable bonds is 8. The maximum absolute atomic E-state index is 12.5. The largest absolute Gasteiger partial charge is 0.497 e. The Morgan fingerprint density at radius 2 is 1.90 bits per heavy atom. The number of nitrogens with one attached hydrogen (secondary N) is 2. The Hall–Kier alpha value is -2.55. The molecule has 0 bridgehead atoms. The lowest BCUT2D eigenvalue weighted by molar-refractivity contribution is -0.119. The molecule has 2 aromatic rings. The van der Waals surface area contributed by atoms with Crippen molar-refractivity contribution in [2.75, 3.05) is 12.9 Å². The molecule has 30 heavy (non-hydrogen) atoms. The van der Waals surface area contributed by atoms with Gasteiger partial charge in [0.2, 0.25) is 5.91 Å². The topological polar surface area (TPSA) is 98.1 Å². The van der Waals surface area contributed by atoms with Gasteiger partial charge in [0.25, 0.3) is 5.91 Å². The summed E-state index contributed by atoms with van der Waals surface area (Å²) in [6, 6.07) is 6.88. The summed E-state index contributed by atoms with van der Waals surface area (Å²) in [4.78, 5) is 24.7. The molecule has 9 heteroatoms. The van der Waals surface area contributed by atoms with E-state index < -0.39 is 0 Å². The maximum atomic E-state index is 12.5. The Morgan fingerprint density at radius 3 is 2.57 bits per heavy atom. The quantitative estimate of drug-likeness (QED) is 0.624. The molecule has 2 amide bonds.